The molecule has 1 aromatic carbocycles. The summed E-state index contributed by atoms with van der Waals surface area (Å²) in [5.41, 5.74) is 1.75. The van der Waals surface area contributed by atoms with Crippen LogP contribution < -0.4 is 5.32 Å². The monoisotopic (exact) mass is 249 g/mol. The summed E-state index contributed by atoms with van der Waals surface area (Å²) in [6, 6.07) is 6.95. The Kier molecular flexibility index (Phi) is 5.30. The van der Waals surface area contributed by atoms with Crippen LogP contribution in [0.1, 0.15) is 25.8 Å². The second kappa shape index (κ2) is 6.74. The lowest BCUT2D eigenvalue weighted by Crippen LogP contribution is -2.39. The third kappa shape index (κ3) is 3.55. The fourth-order valence-corrected chi connectivity index (χ4v) is 1.62. The Balaban J connectivity index is 2.70. The summed E-state index contributed by atoms with van der Waals surface area (Å²) in [5.74, 6) is -0.225. The van der Waals surface area contributed by atoms with Crippen molar-refractivity contribution < 1.29 is 4.79 Å². The van der Waals surface area contributed by atoms with Crippen LogP contribution in [0.5, 0.6) is 0 Å². The van der Waals surface area contributed by atoms with E-state index in [9.17, 15) is 9.70 Å². The molecule has 1 aromatic rings. The first-order chi connectivity index (χ1) is 8.60. The van der Waals surface area contributed by atoms with Gasteiger partial charge in [-0.05, 0) is 31.9 Å². The fraction of sp³-hybridized carbons (Fsp3) is 0.462. The molecule has 0 unspecified atom stereocenters. The Labute approximate surface area is 107 Å². The largest absolute Gasteiger partial charge is 0.324 e. The van der Waals surface area contributed by atoms with Crippen molar-refractivity contribution in [1.82, 2.24) is 5.01 Å². The number of nitrogens with one attached hydrogen (secondary N) is 1. The maximum absolute atomic E-state index is 12.0. The summed E-state index contributed by atoms with van der Waals surface area (Å²) in [7, 11) is 0. The van der Waals surface area contributed by atoms with Crippen molar-refractivity contribution in [3.8, 4) is 0 Å². The number of para-hydroxylation sites is 1. The van der Waals surface area contributed by atoms with E-state index in [2.05, 4.69) is 10.6 Å². The first-order valence-corrected chi connectivity index (χ1v) is 6.06. The van der Waals surface area contributed by atoms with Gasteiger partial charge in [-0.25, -0.2) is 5.01 Å². The van der Waals surface area contributed by atoms with Crippen molar-refractivity contribution in [2.75, 3.05) is 11.9 Å². The highest BCUT2D eigenvalue weighted by molar-refractivity contribution is 5.95. The smallest absolute Gasteiger partial charge is 0.248 e. The molecule has 1 rings (SSSR count). The summed E-state index contributed by atoms with van der Waals surface area (Å²) < 4.78 is 0. The highest BCUT2D eigenvalue weighted by Gasteiger charge is 2.20. The van der Waals surface area contributed by atoms with E-state index >= 15 is 0 Å². The Morgan fingerprint density at radius 1 is 1.44 bits per heavy atom. The van der Waals surface area contributed by atoms with Crippen molar-refractivity contribution in [1.29, 1.82) is 0 Å². The average Bonchev–Trinajstić information content (AvgIpc) is 2.37. The minimum atomic E-state index is -0.568. The minimum absolute atomic E-state index is 0.225. The van der Waals surface area contributed by atoms with Crippen molar-refractivity contribution >= 4 is 11.6 Å². The van der Waals surface area contributed by atoms with Crippen LogP contribution in [0, 0.1) is 11.8 Å². The molecule has 1 N–H and O–H groups in total. The standard InChI is InChI=1S/C13H19N3O2/c1-4-9-16(15-18)11(3)13(17)14-12-8-6-5-7-10(12)2/h5-8,11H,4,9H2,1-3H3,(H,14,17)/t11-/m1/s1. The average molecular weight is 249 g/mol. The number of aryl methyl sites for hydroxylation is 1. The van der Waals surface area contributed by atoms with Gasteiger partial charge in [-0.3, -0.25) is 4.79 Å². The number of rotatable bonds is 6. The number of nitrogens with zero attached hydrogens (tertiary/aromatic N) is 2. The number of benzene rings is 1. The highest BCUT2D eigenvalue weighted by atomic mass is 16.3. The molecule has 5 nitrogen and oxygen atoms in total. The van der Waals surface area contributed by atoms with Crippen LogP contribution in [0.15, 0.2) is 29.6 Å². The predicted molar refractivity (Wildman–Crippen MR) is 72.1 cm³/mol. The lowest BCUT2D eigenvalue weighted by molar-refractivity contribution is -0.120. The molecule has 0 aliphatic rings. The Hall–Kier alpha value is -1.91. The molecular weight excluding hydrogens is 230 g/mol. The summed E-state index contributed by atoms with van der Waals surface area (Å²) in [4.78, 5) is 22.6. The fourth-order valence-electron chi connectivity index (χ4n) is 1.62. The first-order valence-electron chi connectivity index (χ1n) is 6.06. The van der Waals surface area contributed by atoms with Crippen LogP contribution in [0.2, 0.25) is 0 Å². The molecule has 0 fully saturated rings. The van der Waals surface area contributed by atoms with Gasteiger partial charge in [0.25, 0.3) is 0 Å². The van der Waals surface area contributed by atoms with E-state index in [1.807, 2.05) is 38.1 Å². The van der Waals surface area contributed by atoms with E-state index in [0.29, 0.717) is 6.54 Å². The number of carbonyl (C=O) groups excluding carboxylic acids is 1. The molecule has 0 bridgehead atoms. The zero-order chi connectivity index (χ0) is 13.5. The second-order valence-electron chi connectivity index (χ2n) is 4.22. The van der Waals surface area contributed by atoms with Gasteiger partial charge in [0.1, 0.15) is 6.04 Å². The quantitative estimate of drug-likeness (QED) is 0.623. The van der Waals surface area contributed by atoms with Crippen LogP contribution in [0.4, 0.5) is 5.69 Å². The molecule has 18 heavy (non-hydrogen) atoms. The molecule has 0 spiro atoms. The minimum Gasteiger partial charge on any atom is -0.324 e. The number of hydrogen-bond acceptors (Lipinski definition) is 3. The van der Waals surface area contributed by atoms with E-state index in [0.717, 1.165) is 17.7 Å². The zero-order valence-corrected chi connectivity index (χ0v) is 11.0. The molecule has 0 saturated heterocycles. The van der Waals surface area contributed by atoms with Crippen LogP contribution >= 0.6 is 0 Å². The predicted octanol–water partition coefficient (Wildman–Crippen LogP) is 2.72. The molecule has 0 aliphatic carbocycles. The molecular formula is C13H19N3O2. The molecule has 0 aliphatic heterocycles. The first kappa shape index (κ1) is 14.2. The molecule has 1 amide bonds. The van der Waals surface area contributed by atoms with E-state index in [1.54, 1.807) is 6.92 Å². The van der Waals surface area contributed by atoms with Gasteiger partial charge >= 0.3 is 0 Å². The molecule has 0 saturated carbocycles. The van der Waals surface area contributed by atoms with Crippen molar-refractivity contribution in [3.05, 3.63) is 34.7 Å². The van der Waals surface area contributed by atoms with Gasteiger partial charge in [-0.2, -0.15) is 0 Å². The lowest BCUT2D eigenvalue weighted by atomic mass is 10.2. The third-order valence-electron chi connectivity index (χ3n) is 2.79. The topological polar surface area (TPSA) is 61.8 Å². The number of anilines is 1. The van der Waals surface area contributed by atoms with Crippen molar-refractivity contribution in [2.24, 2.45) is 5.29 Å². The Morgan fingerprint density at radius 2 is 2.11 bits per heavy atom. The van der Waals surface area contributed by atoms with Gasteiger partial charge in [0.2, 0.25) is 5.91 Å². The van der Waals surface area contributed by atoms with Gasteiger partial charge in [-0.15, -0.1) is 4.91 Å². The van der Waals surface area contributed by atoms with Gasteiger partial charge < -0.3 is 5.32 Å². The van der Waals surface area contributed by atoms with Crippen LogP contribution in [0.3, 0.4) is 0 Å². The second-order valence-corrected chi connectivity index (χ2v) is 4.22. The number of nitroso groups, excluding NO2 is 1. The van der Waals surface area contributed by atoms with Gasteiger partial charge in [0.05, 0.1) is 5.29 Å². The number of hydrogen-bond donors (Lipinski definition) is 1. The summed E-state index contributed by atoms with van der Waals surface area (Å²) in [6.07, 6.45) is 0.772. The zero-order valence-electron chi connectivity index (χ0n) is 11.0. The molecule has 98 valence electrons. The maximum atomic E-state index is 12.0. The molecule has 0 radical (unpaired) electrons. The van der Waals surface area contributed by atoms with Crippen LogP contribution in [-0.2, 0) is 4.79 Å². The van der Waals surface area contributed by atoms with Crippen molar-refractivity contribution in [3.63, 3.8) is 0 Å². The SMILES string of the molecule is CCCN(N=O)[C@H](C)C(=O)Nc1ccccc1C. The summed E-state index contributed by atoms with van der Waals surface area (Å²) >= 11 is 0. The Morgan fingerprint density at radius 3 is 2.67 bits per heavy atom. The molecule has 0 aromatic heterocycles. The summed E-state index contributed by atoms with van der Waals surface area (Å²) in [6.45, 7) is 6.00. The van der Waals surface area contributed by atoms with E-state index in [-0.39, 0.29) is 5.91 Å². The highest BCUT2D eigenvalue weighted by Crippen LogP contribution is 2.14. The van der Waals surface area contributed by atoms with Crippen LogP contribution in [-0.4, -0.2) is 23.5 Å². The molecule has 1 atom stereocenters. The normalized spacial score (nSPS) is 11.7. The molecule has 5 heteroatoms. The molecule has 0 heterocycles. The van der Waals surface area contributed by atoms with Crippen molar-refractivity contribution in [2.45, 2.75) is 33.2 Å². The van der Waals surface area contributed by atoms with E-state index < -0.39 is 6.04 Å². The van der Waals surface area contributed by atoms with E-state index in [1.165, 1.54) is 5.01 Å². The number of carbonyl (C=O) groups is 1. The number of amides is 1. The van der Waals surface area contributed by atoms with Gasteiger partial charge in [0, 0.05) is 12.2 Å². The van der Waals surface area contributed by atoms with Gasteiger partial charge in [-0.1, -0.05) is 25.1 Å². The van der Waals surface area contributed by atoms with E-state index in [4.69, 9.17) is 0 Å². The Bertz CT molecular complexity index is 420. The van der Waals surface area contributed by atoms with Gasteiger partial charge in [0.15, 0.2) is 0 Å². The maximum Gasteiger partial charge on any atom is 0.248 e. The summed E-state index contributed by atoms with van der Waals surface area (Å²) in [5, 5.41) is 6.95. The lowest BCUT2D eigenvalue weighted by Gasteiger charge is -2.21. The third-order valence-corrected chi connectivity index (χ3v) is 2.79. The van der Waals surface area contributed by atoms with Crippen LogP contribution in [0.25, 0.3) is 0 Å².